The van der Waals surface area contributed by atoms with E-state index < -0.39 is 0 Å². The summed E-state index contributed by atoms with van der Waals surface area (Å²) in [5.41, 5.74) is 4.68. The lowest BCUT2D eigenvalue weighted by Crippen LogP contribution is -2.44. The minimum absolute atomic E-state index is 0.322. The molecule has 8 nitrogen and oxygen atoms in total. The Morgan fingerprint density at radius 1 is 1.06 bits per heavy atom. The summed E-state index contributed by atoms with van der Waals surface area (Å²) in [5.74, 6) is 0.818. The SMILES string of the molecule is Fc1cc(OCCN2CCNCC2)ccc1-c1ccc(CONCc2ncccn2)cn1. The van der Waals surface area contributed by atoms with Crippen LogP contribution in [0.25, 0.3) is 11.3 Å². The van der Waals surface area contributed by atoms with Crippen molar-refractivity contribution in [1.29, 1.82) is 0 Å². The number of ether oxygens (including phenoxy) is 1. The molecule has 32 heavy (non-hydrogen) atoms. The third kappa shape index (κ3) is 6.51. The average molecular weight is 439 g/mol. The Bertz CT molecular complexity index is 968. The zero-order valence-electron chi connectivity index (χ0n) is 17.8. The third-order valence-electron chi connectivity index (χ3n) is 5.12. The second-order valence-corrected chi connectivity index (χ2v) is 7.41. The Balaban J connectivity index is 1.24. The summed E-state index contributed by atoms with van der Waals surface area (Å²) < 4.78 is 20.4. The number of piperazine rings is 1. The van der Waals surface area contributed by atoms with Crippen LogP contribution in [0.5, 0.6) is 5.75 Å². The Morgan fingerprint density at radius 2 is 1.91 bits per heavy atom. The Morgan fingerprint density at radius 3 is 2.66 bits per heavy atom. The highest BCUT2D eigenvalue weighted by Gasteiger charge is 2.11. The topological polar surface area (TPSA) is 84.4 Å². The van der Waals surface area contributed by atoms with Gasteiger partial charge in [-0.3, -0.25) is 14.7 Å². The zero-order chi connectivity index (χ0) is 22.0. The van der Waals surface area contributed by atoms with E-state index in [4.69, 9.17) is 9.57 Å². The molecule has 1 aliphatic heterocycles. The van der Waals surface area contributed by atoms with Gasteiger partial charge < -0.3 is 10.1 Å². The van der Waals surface area contributed by atoms with Gasteiger partial charge in [-0.25, -0.2) is 14.4 Å². The first kappa shape index (κ1) is 22.2. The minimum atomic E-state index is -0.356. The highest BCUT2D eigenvalue weighted by molar-refractivity contribution is 5.61. The number of pyridine rings is 1. The molecular weight excluding hydrogens is 411 g/mol. The molecule has 4 rings (SSSR count). The lowest BCUT2D eigenvalue weighted by atomic mass is 10.1. The highest BCUT2D eigenvalue weighted by Crippen LogP contribution is 2.25. The molecule has 168 valence electrons. The van der Waals surface area contributed by atoms with Crippen molar-refractivity contribution in [2.24, 2.45) is 0 Å². The molecule has 0 unspecified atom stereocenters. The molecule has 0 aliphatic carbocycles. The number of benzene rings is 1. The summed E-state index contributed by atoms with van der Waals surface area (Å²) >= 11 is 0. The molecule has 3 heterocycles. The van der Waals surface area contributed by atoms with Crippen LogP contribution < -0.4 is 15.5 Å². The van der Waals surface area contributed by atoms with Crippen LogP contribution in [0.1, 0.15) is 11.4 Å². The van der Waals surface area contributed by atoms with Gasteiger partial charge in [0.05, 0.1) is 18.8 Å². The maximum Gasteiger partial charge on any atom is 0.144 e. The molecule has 0 bridgehead atoms. The van der Waals surface area contributed by atoms with E-state index >= 15 is 0 Å². The molecule has 0 amide bonds. The van der Waals surface area contributed by atoms with Crippen molar-refractivity contribution in [2.45, 2.75) is 13.2 Å². The predicted octanol–water partition coefficient (Wildman–Crippen LogP) is 2.18. The van der Waals surface area contributed by atoms with Crippen LogP contribution in [-0.2, 0) is 18.0 Å². The number of aromatic nitrogens is 3. The fourth-order valence-corrected chi connectivity index (χ4v) is 3.36. The van der Waals surface area contributed by atoms with E-state index in [-0.39, 0.29) is 5.82 Å². The average Bonchev–Trinajstić information content (AvgIpc) is 2.84. The largest absolute Gasteiger partial charge is 0.492 e. The van der Waals surface area contributed by atoms with Crippen LogP contribution in [0.3, 0.4) is 0 Å². The maximum absolute atomic E-state index is 14.6. The van der Waals surface area contributed by atoms with Gasteiger partial charge >= 0.3 is 0 Å². The normalized spacial score (nSPS) is 14.4. The van der Waals surface area contributed by atoms with E-state index in [2.05, 4.69) is 30.6 Å². The number of hydroxylamine groups is 1. The summed E-state index contributed by atoms with van der Waals surface area (Å²) in [5, 5.41) is 3.32. The van der Waals surface area contributed by atoms with Gasteiger partial charge in [-0.2, -0.15) is 5.48 Å². The second kappa shape index (κ2) is 11.6. The number of nitrogens with zero attached hydrogens (tertiary/aromatic N) is 4. The van der Waals surface area contributed by atoms with Crippen LogP contribution in [0.4, 0.5) is 4.39 Å². The molecule has 2 N–H and O–H groups in total. The molecule has 1 aliphatic rings. The molecular formula is C23H27FN6O2. The lowest BCUT2D eigenvalue weighted by Gasteiger charge is -2.26. The monoisotopic (exact) mass is 438 g/mol. The molecule has 0 saturated carbocycles. The van der Waals surface area contributed by atoms with E-state index in [1.807, 2.05) is 6.07 Å². The first-order valence-corrected chi connectivity index (χ1v) is 10.7. The molecule has 1 saturated heterocycles. The summed E-state index contributed by atoms with van der Waals surface area (Å²) in [6.07, 6.45) is 5.03. The van der Waals surface area contributed by atoms with E-state index in [0.29, 0.717) is 42.6 Å². The molecule has 0 radical (unpaired) electrons. The lowest BCUT2D eigenvalue weighted by molar-refractivity contribution is 0.0220. The van der Waals surface area contributed by atoms with Crippen molar-refractivity contribution >= 4 is 0 Å². The summed E-state index contributed by atoms with van der Waals surface area (Å²) in [7, 11) is 0. The number of rotatable bonds is 10. The maximum atomic E-state index is 14.6. The quantitative estimate of drug-likeness (QED) is 0.368. The van der Waals surface area contributed by atoms with Crippen molar-refractivity contribution < 1.29 is 14.0 Å². The molecule has 2 aromatic heterocycles. The summed E-state index contributed by atoms with van der Waals surface area (Å²) in [6, 6.07) is 10.3. The molecule has 9 heteroatoms. The summed E-state index contributed by atoms with van der Waals surface area (Å²) in [6.45, 7) is 6.13. The zero-order valence-corrected chi connectivity index (χ0v) is 17.8. The minimum Gasteiger partial charge on any atom is -0.492 e. The first-order valence-electron chi connectivity index (χ1n) is 10.7. The standard InChI is InChI=1S/C23H27FN6O2/c24-21-14-19(31-13-12-30-10-8-25-9-11-30)3-4-20(21)22-5-2-18(15-28-22)17-32-29-16-23-26-6-1-7-27-23/h1-7,14-15,25,29H,8-13,16-17H2. The van der Waals surface area contributed by atoms with Gasteiger partial charge in [-0.1, -0.05) is 6.07 Å². The van der Waals surface area contributed by atoms with Crippen LogP contribution in [0.15, 0.2) is 55.0 Å². The molecule has 1 fully saturated rings. The van der Waals surface area contributed by atoms with Gasteiger partial charge in [0.2, 0.25) is 0 Å². The fraction of sp³-hybridized carbons (Fsp3) is 0.348. The number of halogens is 1. The van der Waals surface area contributed by atoms with Crippen molar-refractivity contribution in [3.8, 4) is 17.0 Å². The van der Waals surface area contributed by atoms with Crippen LogP contribution in [0, 0.1) is 5.82 Å². The number of hydrogen-bond acceptors (Lipinski definition) is 8. The highest BCUT2D eigenvalue weighted by atomic mass is 19.1. The fourth-order valence-electron chi connectivity index (χ4n) is 3.36. The Hall–Kier alpha value is -2.98. The summed E-state index contributed by atoms with van der Waals surface area (Å²) in [4.78, 5) is 20.3. The molecule has 1 aromatic carbocycles. The smallest absolute Gasteiger partial charge is 0.144 e. The van der Waals surface area contributed by atoms with E-state index in [1.165, 1.54) is 6.07 Å². The predicted molar refractivity (Wildman–Crippen MR) is 118 cm³/mol. The van der Waals surface area contributed by atoms with E-state index in [0.717, 1.165) is 38.3 Å². The van der Waals surface area contributed by atoms with Gasteiger partial charge in [0, 0.05) is 62.9 Å². The van der Waals surface area contributed by atoms with Gasteiger partial charge in [0.1, 0.15) is 24.0 Å². The molecule has 0 atom stereocenters. The number of hydrogen-bond donors (Lipinski definition) is 2. The van der Waals surface area contributed by atoms with Gasteiger partial charge in [-0.15, -0.1) is 0 Å². The van der Waals surface area contributed by atoms with Crippen molar-refractivity contribution in [2.75, 3.05) is 39.3 Å². The van der Waals surface area contributed by atoms with Crippen molar-refractivity contribution in [3.05, 3.63) is 72.2 Å². The Labute approximate surface area is 186 Å². The van der Waals surface area contributed by atoms with Crippen LogP contribution >= 0.6 is 0 Å². The van der Waals surface area contributed by atoms with Gasteiger partial charge in [0.15, 0.2) is 0 Å². The van der Waals surface area contributed by atoms with Gasteiger partial charge in [0.25, 0.3) is 0 Å². The van der Waals surface area contributed by atoms with E-state index in [1.54, 1.807) is 42.9 Å². The third-order valence-corrected chi connectivity index (χ3v) is 5.12. The van der Waals surface area contributed by atoms with Crippen molar-refractivity contribution in [1.82, 2.24) is 30.6 Å². The van der Waals surface area contributed by atoms with Crippen LogP contribution in [0.2, 0.25) is 0 Å². The molecule has 0 spiro atoms. The van der Waals surface area contributed by atoms with Gasteiger partial charge in [-0.05, 0) is 29.8 Å². The van der Waals surface area contributed by atoms with E-state index in [9.17, 15) is 4.39 Å². The first-order chi connectivity index (χ1) is 15.8. The number of nitrogens with one attached hydrogen (secondary N) is 2. The van der Waals surface area contributed by atoms with Crippen molar-refractivity contribution in [3.63, 3.8) is 0 Å². The van der Waals surface area contributed by atoms with Crippen LogP contribution in [-0.4, -0.2) is 59.2 Å². The molecule has 3 aromatic rings. The Kier molecular flexibility index (Phi) is 8.05. The second-order valence-electron chi connectivity index (χ2n) is 7.41.